The smallest absolute Gasteiger partial charge is 0.237 e. The Hall–Kier alpha value is -1.42. The second-order valence-electron chi connectivity index (χ2n) is 4.79. The Morgan fingerprint density at radius 1 is 1.50 bits per heavy atom. The normalized spacial score (nSPS) is 21.3. The topological polar surface area (TPSA) is 41.1 Å². The number of halogens is 1. The number of benzene rings is 1. The molecule has 0 saturated carbocycles. The van der Waals surface area contributed by atoms with Gasteiger partial charge in [-0.25, -0.2) is 4.39 Å². The minimum absolute atomic E-state index is 0.00598. The molecule has 4 heteroatoms. The van der Waals surface area contributed by atoms with Crippen LogP contribution in [0, 0.1) is 5.82 Å². The van der Waals surface area contributed by atoms with E-state index in [4.69, 9.17) is 0 Å². The van der Waals surface area contributed by atoms with Crippen molar-refractivity contribution in [1.82, 2.24) is 10.6 Å². The van der Waals surface area contributed by atoms with Crippen molar-refractivity contribution in [1.29, 1.82) is 0 Å². The van der Waals surface area contributed by atoms with E-state index in [0.29, 0.717) is 0 Å². The highest BCUT2D eigenvalue weighted by Crippen LogP contribution is 2.14. The second kappa shape index (κ2) is 5.96. The minimum atomic E-state index is -0.274. The van der Waals surface area contributed by atoms with E-state index in [1.165, 1.54) is 12.1 Å². The standard InChI is InChI=1S/C14H19FN2O/c1-10(11-5-4-6-12(15)9-11)17-14(18)13-7-2-3-8-16-13/h4-6,9-10,13,16H,2-3,7-8H2,1H3,(H,17,18)/t10?,13-/m1/s1. The minimum Gasteiger partial charge on any atom is -0.348 e. The van der Waals surface area contributed by atoms with Gasteiger partial charge in [0.1, 0.15) is 5.82 Å². The molecule has 0 aromatic heterocycles. The number of rotatable bonds is 3. The molecule has 3 nitrogen and oxygen atoms in total. The first-order valence-corrected chi connectivity index (χ1v) is 6.46. The number of amides is 1. The van der Waals surface area contributed by atoms with Crippen LogP contribution in [0.25, 0.3) is 0 Å². The molecule has 1 aromatic rings. The monoisotopic (exact) mass is 250 g/mol. The molecule has 0 radical (unpaired) electrons. The van der Waals surface area contributed by atoms with Gasteiger partial charge in [0, 0.05) is 0 Å². The predicted molar refractivity (Wildman–Crippen MR) is 68.6 cm³/mol. The maximum atomic E-state index is 13.1. The summed E-state index contributed by atoms with van der Waals surface area (Å²) >= 11 is 0. The fraction of sp³-hybridized carbons (Fsp3) is 0.500. The summed E-state index contributed by atoms with van der Waals surface area (Å²) in [6, 6.07) is 6.07. The van der Waals surface area contributed by atoms with Crippen molar-refractivity contribution in [3.63, 3.8) is 0 Å². The van der Waals surface area contributed by atoms with Crippen LogP contribution in [0.2, 0.25) is 0 Å². The van der Waals surface area contributed by atoms with E-state index in [-0.39, 0.29) is 23.8 Å². The maximum Gasteiger partial charge on any atom is 0.237 e. The fourth-order valence-electron chi connectivity index (χ4n) is 2.25. The first kappa shape index (κ1) is 13.0. The van der Waals surface area contributed by atoms with Crippen LogP contribution < -0.4 is 10.6 Å². The lowest BCUT2D eigenvalue weighted by atomic mass is 10.0. The van der Waals surface area contributed by atoms with E-state index in [1.807, 2.05) is 13.0 Å². The van der Waals surface area contributed by atoms with Crippen LogP contribution in [-0.2, 0) is 4.79 Å². The molecule has 2 rings (SSSR count). The third-order valence-corrected chi connectivity index (χ3v) is 3.33. The van der Waals surface area contributed by atoms with Crippen LogP contribution >= 0.6 is 0 Å². The van der Waals surface area contributed by atoms with Gasteiger partial charge in [-0.2, -0.15) is 0 Å². The van der Waals surface area contributed by atoms with Crippen LogP contribution in [0.5, 0.6) is 0 Å². The molecule has 1 aliphatic rings. The molecule has 1 aromatic carbocycles. The SMILES string of the molecule is CC(NC(=O)[C@H]1CCCCN1)c1cccc(F)c1. The summed E-state index contributed by atoms with van der Waals surface area (Å²) in [5, 5.41) is 6.13. The van der Waals surface area contributed by atoms with Crippen molar-refractivity contribution >= 4 is 5.91 Å². The first-order valence-electron chi connectivity index (χ1n) is 6.46. The Morgan fingerprint density at radius 2 is 2.33 bits per heavy atom. The van der Waals surface area contributed by atoms with E-state index < -0.39 is 0 Å². The molecular weight excluding hydrogens is 231 g/mol. The molecule has 1 fully saturated rings. The third-order valence-electron chi connectivity index (χ3n) is 3.33. The fourth-order valence-corrected chi connectivity index (χ4v) is 2.25. The van der Waals surface area contributed by atoms with Gasteiger partial charge in [0.2, 0.25) is 5.91 Å². The van der Waals surface area contributed by atoms with Crippen LogP contribution in [0.15, 0.2) is 24.3 Å². The summed E-state index contributed by atoms with van der Waals surface area (Å²) in [4.78, 5) is 12.0. The summed E-state index contributed by atoms with van der Waals surface area (Å²) in [6.45, 7) is 2.77. The average Bonchev–Trinajstić information content (AvgIpc) is 2.39. The van der Waals surface area contributed by atoms with Gasteiger partial charge in [-0.3, -0.25) is 4.79 Å². The Morgan fingerprint density at radius 3 is 3.00 bits per heavy atom. The average molecular weight is 250 g/mol. The summed E-state index contributed by atoms with van der Waals surface area (Å²) < 4.78 is 13.1. The van der Waals surface area contributed by atoms with Gasteiger partial charge in [-0.1, -0.05) is 18.6 Å². The Balaban J connectivity index is 1.94. The van der Waals surface area contributed by atoms with Crippen LogP contribution in [0.4, 0.5) is 4.39 Å². The van der Waals surface area contributed by atoms with Crippen molar-refractivity contribution < 1.29 is 9.18 Å². The van der Waals surface area contributed by atoms with Gasteiger partial charge in [-0.15, -0.1) is 0 Å². The van der Waals surface area contributed by atoms with E-state index in [9.17, 15) is 9.18 Å². The largest absolute Gasteiger partial charge is 0.348 e. The number of hydrogen-bond donors (Lipinski definition) is 2. The molecule has 1 heterocycles. The molecule has 98 valence electrons. The summed E-state index contributed by atoms with van der Waals surface area (Å²) in [5.74, 6) is -0.268. The predicted octanol–water partition coefficient (Wildman–Crippen LogP) is 2.14. The number of carbonyl (C=O) groups is 1. The molecule has 0 bridgehead atoms. The summed E-state index contributed by atoms with van der Waals surface area (Å²) in [7, 11) is 0. The van der Waals surface area contributed by atoms with Gasteiger partial charge in [-0.05, 0) is 44.0 Å². The van der Waals surface area contributed by atoms with Gasteiger partial charge in [0.15, 0.2) is 0 Å². The molecule has 0 aliphatic carbocycles. The molecule has 18 heavy (non-hydrogen) atoms. The van der Waals surface area contributed by atoms with E-state index in [2.05, 4.69) is 10.6 Å². The van der Waals surface area contributed by atoms with Crippen LogP contribution in [0.1, 0.15) is 37.8 Å². The van der Waals surface area contributed by atoms with Crippen LogP contribution in [0.3, 0.4) is 0 Å². The van der Waals surface area contributed by atoms with Crippen molar-refractivity contribution in [2.75, 3.05) is 6.54 Å². The highest BCUT2D eigenvalue weighted by Gasteiger charge is 2.21. The molecule has 2 atom stereocenters. The quantitative estimate of drug-likeness (QED) is 0.863. The van der Waals surface area contributed by atoms with E-state index in [1.54, 1.807) is 6.07 Å². The lowest BCUT2D eigenvalue weighted by Crippen LogP contribution is -2.47. The van der Waals surface area contributed by atoms with Gasteiger partial charge < -0.3 is 10.6 Å². The lowest BCUT2D eigenvalue weighted by molar-refractivity contribution is -0.124. The van der Waals surface area contributed by atoms with Crippen molar-refractivity contribution in [3.05, 3.63) is 35.6 Å². The lowest BCUT2D eigenvalue weighted by Gasteiger charge is -2.24. The molecule has 2 N–H and O–H groups in total. The van der Waals surface area contributed by atoms with Crippen molar-refractivity contribution in [2.24, 2.45) is 0 Å². The zero-order valence-corrected chi connectivity index (χ0v) is 10.6. The number of nitrogens with one attached hydrogen (secondary N) is 2. The number of hydrogen-bond acceptors (Lipinski definition) is 2. The van der Waals surface area contributed by atoms with Crippen molar-refractivity contribution in [2.45, 2.75) is 38.3 Å². The van der Waals surface area contributed by atoms with Crippen LogP contribution in [-0.4, -0.2) is 18.5 Å². The van der Waals surface area contributed by atoms with E-state index in [0.717, 1.165) is 31.4 Å². The molecule has 0 spiro atoms. The highest BCUT2D eigenvalue weighted by atomic mass is 19.1. The number of piperidine rings is 1. The Labute approximate surface area is 107 Å². The molecule has 1 unspecified atom stereocenters. The molecule has 1 aliphatic heterocycles. The second-order valence-corrected chi connectivity index (χ2v) is 4.79. The highest BCUT2D eigenvalue weighted by molar-refractivity contribution is 5.82. The first-order chi connectivity index (χ1) is 8.66. The maximum absolute atomic E-state index is 13.1. The third kappa shape index (κ3) is 3.29. The molecule has 1 saturated heterocycles. The zero-order chi connectivity index (χ0) is 13.0. The van der Waals surface area contributed by atoms with Gasteiger partial charge >= 0.3 is 0 Å². The van der Waals surface area contributed by atoms with E-state index >= 15 is 0 Å². The summed E-state index contributed by atoms with van der Waals surface area (Å²) in [5.41, 5.74) is 0.791. The Kier molecular flexibility index (Phi) is 4.31. The summed E-state index contributed by atoms with van der Waals surface area (Å²) in [6.07, 6.45) is 3.09. The molecule has 1 amide bonds. The molecular formula is C14H19FN2O. The zero-order valence-electron chi connectivity index (χ0n) is 10.6. The van der Waals surface area contributed by atoms with Crippen molar-refractivity contribution in [3.8, 4) is 0 Å². The van der Waals surface area contributed by atoms with Gasteiger partial charge in [0.25, 0.3) is 0 Å². The Bertz CT molecular complexity index is 416. The van der Waals surface area contributed by atoms with Gasteiger partial charge in [0.05, 0.1) is 12.1 Å². The number of carbonyl (C=O) groups excluding carboxylic acids is 1.